The van der Waals surface area contributed by atoms with Crippen LogP contribution in [0, 0.1) is 0 Å². The van der Waals surface area contributed by atoms with E-state index in [-0.39, 0.29) is 18.1 Å². The van der Waals surface area contributed by atoms with Gasteiger partial charge in [0.15, 0.2) is 5.78 Å². The van der Waals surface area contributed by atoms with Crippen LogP contribution in [0.15, 0.2) is 18.3 Å². The first-order valence-electron chi connectivity index (χ1n) is 4.67. The number of hydrogen-bond donors (Lipinski definition) is 1. The van der Waals surface area contributed by atoms with E-state index in [9.17, 15) is 9.59 Å². The molecule has 1 saturated heterocycles. The van der Waals surface area contributed by atoms with Crippen molar-refractivity contribution in [3.63, 3.8) is 0 Å². The number of amides is 1. The first-order chi connectivity index (χ1) is 6.75. The number of carbonyl (C=O) groups excluding carboxylic acids is 2. The average Bonchev–Trinajstić information content (AvgIpc) is 2.72. The van der Waals surface area contributed by atoms with Crippen molar-refractivity contribution in [3.05, 3.63) is 24.0 Å². The lowest BCUT2D eigenvalue weighted by Crippen LogP contribution is -2.27. The number of nitrogens with zero attached hydrogens (tertiary/aromatic N) is 1. The third-order valence-corrected chi connectivity index (χ3v) is 2.38. The smallest absolute Gasteiger partial charge is 0.230 e. The number of hydrogen-bond acceptors (Lipinski definition) is 2. The van der Waals surface area contributed by atoms with Crippen LogP contribution in [0.5, 0.6) is 0 Å². The van der Waals surface area contributed by atoms with Crippen LogP contribution in [0.1, 0.15) is 12.1 Å². The topological polar surface area (TPSA) is 53.2 Å². The van der Waals surface area contributed by atoms with E-state index in [0.29, 0.717) is 13.1 Å². The van der Waals surface area contributed by atoms with Gasteiger partial charge in [-0.05, 0) is 12.1 Å². The molecular formula is C10H12N2O2. The summed E-state index contributed by atoms with van der Waals surface area (Å²) in [5.41, 5.74) is 1.09. The van der Waals surface area contributed by atoms with Gasteiger partial charge in [-0.25, -0.2) is 0 Å². The Labute approximate surface area is 81.9 Å². The molecule has 2 rings (SSSR count). The second-order valence-electron chi connectivity index (χ2n) is 3.48. The molecule has 4 nitrogen and oxygen atoms in total. The zero-order chi connectivity index (χ0) is 9.97. The number of nitrogens with one attached hydrogen (secondary N) is 1. The molecule has 1 aromatic heterocycles. The quantitative estimate of drug-likeness (QED) is 0.703. The van der Waals surface area contributed by atoms with Gasteiger partial charge in [0.25, 0.3) is 0 Å². The largest absolute Gasteiger partial charge is 0.365 e. The summed E-state index contributed by atoms with van der Waals surface area (Å²) in [6.07, 6.45) is 2.73. The molecule has 0 atom stereocenters. The standard InChI is InChI=1S/C10H12N2O2/c13-9-6-10(14)12(7-9)5-3-8-2-1-4-11-8/h1-2,4,11H,3,5-7H2. The van der Waals surface area contributed by atoms with Crippen molar-refractivity contribution in [3.8, 4) is 0 Å². The van der Waals surface area contributed by atoms with Crippen LogP contribution in [0.25, 0.3) is 0 Å². The van der Waals surface area contributed by atoms with E-state index < -0.39 is 0 Å². The molecule has 1 fully saturated rings. The van der Waals surface area contributed by atoms with Gasteiger partial charge in [0.05, 0.1) is 13.0 Å². The van der Waals surface area contributed by atoms with Crippen LogP contribution in [0.3, 0.4) is 0 Å². The maximum absolute atomic E-state index is 11.2. The minimum atomic E-state index is -0.0402. The first-order valence-corrected chi connectivity index (χ1v) is 4.67. The van der Waals surface area contributed by atoms with Crippen LogP contribution in [-0.4, -0.2) is 34.7 Å². The molecule has 1 aliphatic heterocycles. The SMILES string of the molecule is O=C1CC(=O)N(CCc2ccc[nH]2)C1. The van der Waals surface area contributed by atoms with Gasteiger partial charge in [0, 0.05) is 24.9 Å². The lowest BCUT2D eigenvalue weighted by atomic mass is 10.3. The molecule has 1 aromatic rings. The lowest BCUT2D eigenvalue weighted by molar-refractivity contribution is -0.127. The number of likely N-dealkylation sites (tertiary alicyclic amines) is 1. The molecule has 1 aliphatic rings. The Morgan fingerprint density at radius 2 is 2.29 bits per heavy atom. The molecule has 0 spiro atoms. The van der Waals surface area contributed by atoms with Crippen LogP contribution in [0.4, 0.5) is 0 Å². The van der Waals surface area contributed by atoms with Gasteiger partial charge in [-0.1, -0.05) is 0 Å². The number of Topliss-reactive ketones (excluding diaryl/α,β-unsaturated/α-hetero) is 1. The van der Waals surface area contributed by atoms with E-state index in [0.717, 1.165) is 12.1 Å². The molecule has 0 saturated carbocycles. The fourth-order valence-corrected chi connectivity index (χ4v) is 1.62. The van der Waals surface area contributed by atoms with Gasteiger partial charge in [-0.15, -0.1) is 0 Å². The minimum Gasteiger partial charge on any atom is -0.365 e. The summed E-state index contributed by atoms with van der Waals surface area (Å²) in [4.78, 5) is 26.9. The Morgan fingerprint density at radius 3 is 2.86 bits per heavy atom. The molecular weight excluding hydrogens is 180 g/mol. The normalized spacial score (nSPS) is 16.7. The molecule has 4 heteroatoms. The number of carbonyl (C=O) groups is 2. The molecule has 1 amide bonds. The van der Waals surface area contributed by atoms with Crippen LogP contribution in [-0.2, 0) is 16.0 Å². The second-order valence-corrected chi connectivity index (χ2v) is 3.48. The van der Waals surface area contributed by atoms with E-state index >= 15 is 0 Å². The van der Waals surface area contributed by atoms with Crippen molar-refractivity contribution in [1.82, 2.24) is 9.88 Å². The predicted octanol–water partition coefficient (Wildman–Crippen LogP) is 0.359. The number of rotatable bonds is 3. The van der Waals surface area contributed by atoms with Crippen molar-refractivity contribution >= 4 is 11.7 Å². The Morgan fingerprint density at radius 1 is 1.43 bits per heavy atom. The third-order valence-electron chi connectivity index (χ3n) is 2.38. The highest BCUT2D eigenvalue weighted by molar-refractivity contribution is 6.05. The molecule has 14 heavy (non-hydrogen) atoms. The monoisotopic (exact) mass is 192 g/mol. The van der Waals surface area contributed by atoms with Crippen molar-refractivity contribution in [1.29, 1.82) is 0 Å². The summed E-state index contributed by atoms with van der Waals surface area (Å²) in [6, 6.07) is 3.90. The van der Waals surface area contributed by atoms with Gasteiger partial charge in [0.1, 0.15) is 0 Å². The maximum atomic E-state index is 11.2. The molecule has 0 aromatic carbocycles. The predicted molar refractivity (Wildman–Crippen MR) is 50.7 cm³/mol. The highest BCUT2D eigenvalue weighted by atomic mass is 16.2. The van der Waals surface area contributed by atoms with Crippen LogP contribution < -0.4 is 0 Å². The van der Waals surface area contributed by atoms with E-state index in [1.165, 1.54) is 0 Å². The highest BCUT2D eigenvalue weighted by Crippen LogP contribution is 2.07. The summed E-state index contributed by atoms with van der Waals surface area (Å²) in [7, 11) is 0. The summed E-state index contributed by atoms with van der Waals surface area (Å²) in [5.74, 6) is -0.0111. The van der Waals surface area contributed by atoms with Crippen LogP contribution >= 0.6 is 0 Å². The van der Waals surface area contributed by atoms with E-state index in [4.69, 9.17) is 0 Å². The Balaban J connectivity index is 1.87. The van der Waals surface area contributed by atoms with Gasteiger partial charge < -0.3 is 9.88 Å². The van der Waals surface area contributed by atoms with E-state index in [2.05, 4.69) is 4.98 Å². The average molecular weight is 192 g/mol. The molecule has 74 valence electrons. The second kappa shape index (κ2) is 3.65. The highest BCUT2D eigenvalue weighted by Gasteiger charge is 2.26. The zero-order valence-electron chi connectivity index (χ0n) is 7.82. The van der Waals surface area contributed by atoms with Crippen molar-refractivity contribution in [2.75, 3.05) is 13.1 Å². The molecule has 0 aliphatic carbocycles. The minimum absolute atomic E-state index is 0.0292. The Bertz CT molecular complexity index is 343. The zero-order valence-corrected chi connectivity index (χ0v) is 7.82. The maximum Gasteiger partial charge on any atom is 0.230 e. The van der Waals surface area contributed by atoms with E-state index in [1.54, 1.807) is 4.90 Å². The number of H-pyrrole nitrogens is 1. The van der Waals surface area contributed by atoms with Crippen molar-refractivity contribution in [2.45, 2.75) is 12.8 Å². The van der Waals surface area contributed by atoms with Crippen LogP contribution in [0.2, 0.25) is 0 Å². The number of ketones is 1. The van der Waals surface area contributed by atoms with Gasteiger partial charge in [-0.3, -0.25) is 9.59 Å². The molecule has 0 radical (unpaired) electrons. The summed E-state index contributed by atoms with van der Waals surface area (Å²) < 4.78 is 0. The fourth-order valence-electron chi connectivity index (χ4n) is 1.62. The number of aromatic amines is 1. The van der Waals surface area contributed by atoms with Crippen molar-refractivity contribution in [2.24, 2.45) is 0 Å². The Hall–Kier alpha value is -1.58. The summed E-state index contributed by atoms with van der Waals surface area (Å²) in [6.45, 7) is 0.921. The summed E-state index contributed by atoms with van der Waals surface area (Å²) in [5, 5.41) is 0. The number of aromatic nitrogens is 1. The summed E-state index contributed by atoms with van der Waals surface area (Å²) >= 11 is 0. The Kier molecular flexibility index (Phi) is 2.35. The fraction of sp³-hybridized carbons (Fsp3) is 0.400. The van der Waals surface area contributed by atoms with Crippen molar-refractivity contribution < 1.29 is 9.59 Å². The van der Waals surface area contributed by atoms with Gasteiger partial charge >= 0.3 is 0 Å². The third kappa shape index (κ3) is 1.84. The lowest BCUT2D eigenvalue weighted by Gasteiger charge is -2.13. The van der Waals surface area contributed by atoms with Gasteiger partial charge in [-0.2, -0.15) is 0 Å². The molecule has 1 N–H and O–H groups in total. The molecule has 0 bridgehead atoms. The molecule has 2 heterocycles. The molecule has 0 unspecified atom stereocenters. The first kappa shape index (κ1) is 8.99. The van der Waals surface area contributed by atoms with Gasteiger partial charge in [0.2, 0.25) is 5.91 Å². The van der Waals surface area contributed by atoms with E-state index in [1.807, 2.05) is 18.3 Å².